The van der Waals surface area contributed by atoms with Crippen molar-refractivity contribution in [3.8, 4) is 0 Å². The minimum Gasteiger partial charge on any atom is -0.0860 e. The van der Waals surface area contributed by atoms with Crippen LogP contribution in [0.2, 0.25) is 0 Å². The van der Waals surface area contributed by atoms with Crippen LogP contribution in [0, 0.1) is 0 Å². The van der Waals surface area contributed by atoms with E-state index in [9.17, 15) is 0 Å². The van der Waals surface area contributed by atoms with Crippen molar-refractivity contribution in [3.05, 3.63) is 34.9 Å². The van der Waals surface area contributed by atoms with Gasteiger partial charge in [0.15, 0.2) is 0 Å². The van der Waals surface area contributed by atoms with Crippen LogP contribution in [0.4, 0.5) is 0 Å². The summed E-state index contributed by atoms with van der Waals surface area (Å²) in [5.41, 5.74) is 4.18. The van der Waals surface area contributed by atoms with Crippen molar-refractivity contribution in [2.24, 2.45) is 0 Å². The standard InChI is InChI=1S/C12H18I2/c1-10(4-6-13)8-12(3)9-11(2)5-7-14/h4,8-9H,5-7H2,1-3H3/b10-4+,11-9+,12-8+. The highest BCUT2D eigenvalue weighted by atomic mass is 127. The van der Waals surface area contributed by atoms with E-state index in [1.807, 2.05) is 0 Å². The van der Waals surface area contributed by atoms with E-state index in [4.69, 9.17) is 0 Å². The van der Waals surface area contributed by atoms with Crippen molar-refractivity contribution in [1.29, 1.82) is 0 Å². The summed E-state index contributed by atoms with van der Waals surface area (Å²) in [6.07, 6.45) is 7.96. The molecule has 0 bridgehead atoms. The monoisotopic (exact) mass is 416 g/mol. The third kappa shape index (κ3) is 8.03. The first kappa shape index (κ1) is 14.7. The first-order chi connectivity index (χ1) is 6.60. The predicted molar refractivity (Wildman–Crippen MR) is 83.7 cm³/mol. The zero-order valence-corrected chi connectivity index (χ0v) is 13.4. The molecule has 14 heavy (non-hydrogen) atoms. The smallest absolute Gasteiger partial charge is 0.0181 e. The van der Waals surface area contributed by atoms with E-state index < -0.39 is 0 Å². The predicted octanol–water partition coefficient (Wildman–Crippen LogP) is 5.09. The summed E-state index contributed by atoms with van der Waals surface area (Å²) < 4.78 is 2.29. The molecule has 0 amide bonds. The Morgan fingerprint density at radius 3 is 2.14 bits per heavy atom. The summed E-state index contributed by atoms with van der Waals surface area (Å²) in [4.78, 5) is 0. The number of allylic oxidation sites excluding steroid dienone is 6. The van der Waals surface area contributed by atoms with E-state index in [1.165, 1.54) is 27.6 Å². The Kier molecular flexibility index (Phi) is 9.38. The largest absolute Gasteiger partial charge is 0.0860 e. The summed E-state index contributed by atoms with van der Waals surface area (Å²) >= 11 is 4.78. The number of halogens is 2. The molecule has 0 aliphatic rings. The summed E-state index contributed by atoms with van der Waals surface area (Å²) in [5.74, 6) is 0. The molecule has 0 saturated carbocycles. The first-order valence-electron chi connectivity index (χ1n) is 4.74. The molecule has 0 unspecified atom stereocenters. The Morgan fingerprint density at radius 1 is 1.00 bits per heavy atom. The van der Waals surface area contributed by atoms with Crippen molar-refractivity contribution in [3.63, 3.8) is 0 Å². The van der Waals surface area contributed by atoms with Crippen molar-refractivity contribution in [1.82, 2.24) is 0 Å². The highest BCUT2D eigenvalue weighted by molar-refractivity contribution is 14.1. The molecule has 0 atom stereocenters. The maximum Gasteiger partial charge on any atom is 0.0181 e. The molecule has 0 aromatic heterocycles. The summed E-state index contributed by atoms with van der Waals surface area (Å²) in [5, 5.41) is 0. The Hall–Kier alpha value is 0.680. The average Bonchev–Trinajstić information content (AvgIpc) is 2.03. The van der Waals surface area contributed by atoms with Gasteiger partial charge in [-0.1, -0.05) is 80.1 Å². The molecule has 0 N–H and O–H groups in total. The van der Waals surface area contributed by atoms with Crippen molar-refractivity contribution < 1.29 is 0 Å². The molecule has 2 heteroatoms. The molecule has 0 saturated heterocycles. The number of alkyl halides is 2. The fraction of sp³-hybridized carbons (Fsp3) is 0.500. The van der Waals surface area contributed by atoms with Gasteiger partial charge < -0.3 is 0 Å². The molecule has 80 valence electrons. The molecule has 0 heterocycles. The van der Waals surface area contributed by atoms with Crippen LogP contribution in [-0.2, 0) is 0 Å². The summed E-state index contributed by atoms with van der Waals surface area (Å²) in [6, 6.07) is 0. The van der Waals surface area contributed by atoms with Crippen LogP contribution >= 0.6 is 45.2 Å². The van der Waals surface area contributed by atoms with Gasteiger partial charge in [-0.15, -0.1) is 0 Å². The van der Waals surface area contributed by atoms with E-state index >= 15 is 0 Å². The van der Waals surface area contributed by atoms with E-state index in [2.05, 4.69) is 84.2 Å². The van der Waals surface area contributed by atoms with Gasteiger partial charge in [-0.25, -0.2) is 0 Å². The van der Waals surface area contributed by atoms with Gasteiger partial charge in [-0.2, -0.15) is 0 Å². The van der Waals surface area contributed by atoms with Crippen molar-refractivity contribution >= 4 is 45.2 Å². The zero-order chi connectivity index (χ0) is 11.0. The van der Waals surface area contributed by atoms with Crippen molar-refractivity contribution in [2.75, 3.05) is 8.86 Å². The second kappa shape index (κ2) is 8.95. The zero-order valence-electron chi connectivity index (χ0n) is 9.11. The Bertz CT molecular complexity index is 247. The molecule has 0 aliphatic heterocycles. The lowest BCUT2D eigenvalue weighted by Crippen LogP contribution is -1.80. The number of hydrogen-bond donors (Lipinski definition) is 0. The van der Waals surface area contributed by atoms with Gasteiger partial charge in [-0.05, 0) is 27.2 Å². The molecular weight excluding hydrogens is 398 g/mol. The van der Waals surface area contributed by atoms with Gasteiger partial charge in [0.25, 0.3) is 0 Å². The second-order valence-electron chi connectivity index (χ2n) is 3.42. The van der Waals surface area contributed by atoms with Crippen molar-refractivity contribution in [2.45, 2.75) is 27.2 Å². The molecular formula is C12H18I2. The summed E-state index contributed by atoms with van der Waals surface area (Å²) in [6.45, 7) is 6.53. The lowest BCUT2D eigenvalue weighted by Gasteiger charge is -1.99. The average molecular weight is 416 g/mol. The lowest BCUT2D eigenvalue weighted by molar-refractivity contribution is 1.12. The molecule has 0 spiro atoms. The van der Waals surface area contributed by atoms with Crippen LogP contribution < -0.4 is 0 Å². The Balaban J connectivity index is 4.38. The van der Waals surface area contributed by atoms with E-state index in [-0.39, 0.29) is 0 Å². The fourth-order valence-corrected chi connectivity index (χ4v) is 2.74. The second-order valence-corrected chi connectivity index (χ2v) is 5.38. The highest BCUT2D eigenvalue weighted by Gasteiger charge is 1.90. The SMILES string of the molecule is CC(=C\CI)/C=C(C)/C=C(\C)CCI. The maximum atomic E-state index is 2.42. The fourth-order valence-electron chi connectivity index (χ4n) is 1.19. The van der Waals surface area contributed by atoms with Crippen LogP contribution in [0.1, 0.15) is 27.2 Å². The van der Waals surface area contributed by atoms with E-state index in [0.717, 1.165) is 4.43 Å². The molecule has 0 radical (unpaired) electrons. The van der Waals surface area contributed by atoms with Gasteiger partial charge in [0, 0.05) is 8.86 Å². The van der Waals surface area contributed by atoms with Crippen LogP contribution in [0.5, 0.6) is 0 Å². The highest BCUT2D eigenvalue weighted by Crippen LogP contribution is 2.10. The van der Waals surface area contributed by atoms with Crippen LogP contribution in [0.3, 0.4) is 0 Å². The normalized spacial score (nSPS) is 14.8. The van der Waals surface area contributed by atoms with Gasteiger partial charge in [0.2, 0.25) is 0 Å². The first-order valence-corrected chi connectivity index (χ1v) is 7.79. The van der Waals surface area contributed by atoms with Gasteiger partial charge in [0.05, 0.1) is 0 Å². The number of hydrogen-bond acceptors (Lipinski definition) is 0. The molecule has 0 rings (SSSR count). The molecule has 0 fully saturated rings. The van der Waals surface area contributed by atoms with E-state index in [0.29, 0.717) is 0 Å². The molecule has 0 aromatic carbocycles. The van der Waals surface area contributed by atoms with Crippen LogP contribution in [0.15, 0.2) is 34.9 Å². The van der Waals surface area contributed by atoms with E-state index in [1.54, 1.807) is 0 Å². The molecule has 0 nitrogen and oxygen atoms in total. The number of rotatable bonds is 5. The quantitative estimate of drug-likeness (QED) is 0.333. The van der Waals surface area contributed by atoms with Crippen LogP contribution in [-0.4, -0.2) is 8.86 Å². The van der Waals surface area contributed by atoms with Gasteiger partial charge in [0.1, 0.15) is 0 Å². The topological polar surface area (TPSA) is 0 Å². The van der Waals surface area contributed by atoms with Gasteiger partial charge in [-0.3, -0.25) is 0 Å². The maximum absolute atomic E-state index is 2.42. The lowest BCUT2D eigenvalue weighted by atomic mass is 10.1. The third-order valence-electron chi connectivity index (χ3n) is 1.82. The van der Waals surface area contributed by atoms with Gasteiger partial charge >= 0.3 is 0 Å². The minimum atomic E-state index is 1.09. The third-order valence-corrected chi connectivity index (χ3v) is 2.80. The van der Waals surface area contributed by atoms with Crippen LogP contribution in [0.25, 0.3) is 0 Å². The minimum absolute atomic E-state index is 1.09. The Labute approximate surface area is 115 Å². The summed E-state index contributed by atoms with van der Waals surface area (Å²) in [7, 11) is 0. The molecule has 0 aliphatic carbocycles. The Morgan fingerprint density at radius 2 is 1.64 bits per heavy atom. The molecule has 0 aromatic rings.